The molecule has 1 aromatic rings. The highest BCUT2D eigenvalue weighted by atomic mass is 16.6. The van der Waals surface area contributed by atoms with E-state index in [1.54, 1.807) is 105 Å². The topological polar surface area (TPSA) is 195 Å². The first kappa shape index (κ1) is 48.5. The molecule has 0 fully saturated rings. The number of imidazole rings is 1. The van der Waals surface area contributed by atoms with Crippen molar-refractivity contribution in [1.29, 1.82) is 0 Å². The first-order valence-electron chi connectivity index (χ1n) is 19.1. The minimum Gasteiger partial charge on any atom is -0.459 e. The predicted molar refractivity (Wildman–Crippen MR) is 206 cm³/mol. The van der Waals surface area contributed by atoms with E-state index in [0.717, 1.165) is 18.5 Å². The number of esters is 4. The summed E-state index contributed by atoms with van der Waals surface area (Å²) in [5, 5.41) is 2.92. The highest BCUT2D eigenvalue weighted by molar-refractivity contribution is 5.79. The van der Waals surface area contributed by atoms with Crippen LogP contribution in [0.25, 0.3) is 0 Å². The van der Waals surface area contributed by atoms with E-state index in [9.17, 15) is 24.0 Å². The van der Waals surface area contributed by atoms with Crippen molar-refractivity contribution in [3.8, 4) is 0 Å². The fourth-order valence-electron chi connectivity index (χ4n) is 5.37. The standard InChI is InChI=1S/C39H70N6O9/c1-36(2,3)51-32(47)24-44(25-33(48)52-37(4,5)6)20-21-45(26-34(49)53-38(7,8)9)30(35(50)54-39(10,11)12)22-28(40)16-14-13-15-17-31(46)42-19-18-29-23-41-27-43-29/h23,27-28,30H,13-22,24-26,40H2,1-12H3,(H,41,43)(H,42,46)/t28?,30-/m0/s1. The van der Waals surface area contributed by atoms with Crippen LogP contribution in [0.15, 0.2) is 12.5 Å². The molecular weight excluding hydrogens is 696 g/mol. The van der Waals surface area contributed by atoms with Crippen LogP contribution in [0.4, 0.5) is 0 Å². The third kappa shape index (κ3) is 24.7. The van der Waals surface area contributed by atoms with Crippen molar-refractivity contribution in [2.75, 3.05) is 39.3 Å². The summed E-state index contributed by atoms with van der Waals surface area (Å²) < 4.78 is 22.5. The Bertz CT molecular complexity index is 1280. The number of amides is 1. The van der Waals surface area contributed by atoms with Crippen molar-refractivity contribution in [2.24, 2.45) is 5.73 Å². The highest BCUT2D eigenvalue weighted by Gasteiger charge is 2.35. The maximum atomic E-state index is 13.8. The van der Waals surface area contributed by atoms with Crippen LogP contribution in [0.2, 0.25) is 0 Å². The van der Waals surface area contributed by atoms with Gasteiger partial charge in [-0.1, -0.05) is 12.8 Å². The fourth-order valence-corrected chi connectivity index (χ4v) is 5.37. The van der Waals surface area contributed by atoms with Gasteiger partial charge in [0.2, 0.25) is 5.91 Å². The average Bonchev–Trinajstić information content (AvgIpc) is 3.47. The van der Waals surface area contributed by atoms with Crippen LogP contribution in [0.3, 0.4) is 0 Å². The Kier molecular flexibility index (Phi) is 19.8. The van der Waals surface area contributed by atoms with Gasteiger partial charge in [-0.3, -0.25) is 33.8 Å². The van der Waals surface area contributed by atoms with Crippen LogP contribution in [-0.2, 0) is 49.3 Å². The average molecular weight is 767 g/mol. The Morgan fingerprint density at radius 3 is 1.74 bits per heavy atom. The monoisotopic (exact) mass is 767 g/mol. The maximum Gasteiger partial charge on any atom is 0.323 e. The number of hydrogen-bond donors (Lipinski definition) is 3. The fraction of sp³-hybridized carbons (Fsp3) is 0.795. The van der Waals surface area contributed by atoms with Crippen molar-refractivity contribution in [2.45, 2.75) is 163 Å². The summed E-state index contributed by atoms with van der Waals surface area (Å²) in [4.78, 5) is 75.4. The second-order valence-corrected chi connectivity index (χ2v) is 17.8. The molecule has 1 aromatic heterocycles. The lowest BCUT2D eigenvalue weighted by Crippen LogP contribution is -2.52. The number of aromatic amines is 1. The Balaban J connectivity index is 3.14. The van der Waals surface area contributed by atoms with Crippen LogP contribution in [-0.4, -0.2) is 123 Å². The zero-order valence-electron chi connectivity index (χ0n) is 35.1. The van der Waals surface area contributed by atoms with E-state index in [-0.39, 0.29) is 45.1 Å². The van der Waals surface area contributed by atoms with E-state index < -0.39 is 58.4 Å². The van der Waals surface area contributed by atoms with E-state index in [4.69, 9.17) is 24.7 Å². The zero-order valence-corrected chi connectivity index (χ0v) is 35.1. The predicted octanol–water partition coefficient (Wildman–Crippen LogP) is 4.08. The first-order chi connectivity index (χ1) is 24.7. The first-order valence-corrected chi connectivity index (χ1v) is 19.1. The molecule has 0 radical (unpaired) electrons. The molecule has 0 spiro atoms. The summed E-state index contributed by atoms with van der Waals surface area (Å²) in [5.41, 5.74) is 4.49. The molecule has 0 aliphatic rings. The second-order valence-electron chi connectivity index (χ2n) is 17.8. The Morgan fingerprint density at radius 2 is 1.26 bits per heavy atom. The van der Waals surface area contributed by atoms with Gasteiger partial charge in [0, 0.05) is 50.4 Å². The summed E-state index contributed by atoms with van der Waals surface area (Å²) in [7, 11) is 0. The third-order valence-corrected chi connectivity index (χ3v) is 7.40. The summed E-state index contributed by atoms with van der Waals surface area (Å²) >= 11 is 0. The number of carbonyl (C=O) groups excluding carboxylic acids is 5. The van der Waals surface area contributed by atoms with Crippen molar-refractivity contribution in [3.63, 3.8) is 0 Å². The molecule has 4 N–H and O–H groups in total. The Morgan fingerprint density at radius 1 is 0.741 bits per heavy atom. The molecule has 1 rings (SSSR count). The summed E-state index contributed by atoms with van der Waals surface area (Å²) in [6, 6.07) is -1.39. The molecule has 1 heterocycles. The van der Waals surface area contributed by atoms with Crippen LogP contribution < -0.4 is 11.1 Å². The minimum absolute atomic E-state index is 0.0195. The highest BCUT2D eigenvalue weighted by Crippen LogP contribution is 2.19. The quantitative estimate of drug-likeness (QED) is 0.0869. The van der Waals surface area contributed by atoms with Gasteiger partial charge in [0.1, 0.15) is 28.4 Å². The molecule has 0 aliphatic heterocycles. The number of nitrogens with zero attached hydrogens (tertiary/aromatic N) is 3. The van der Waals surface area contributed by atoms with E-state index >= 15 is 0 Å². The van der Waals surface area contributed by atoms with Gasteiger partial charge in [0.05, 0.1) is 26.0 Å². The number of hydrogen-bond acceptors (Lipinski definition) is 13. The SMILES string of the molecule is CC(C)(C)OC(=O)CN(CCN(CC(=O)OC(C)(C)C)[C@@H](CC(N)CCCCCC(=O)NCCc1cnc[nH]1)C(=O)OC(C)(C)C)CC(=O)OC(C)(C)C. The summed E-state index contributed by atoms with van der Waals surface area (Å²) in [6.07, 6.45) is 7.34. The third-order valence-electron chi connectivity index (χ3n) is 7.40. The maximum absolute atomic E-state index is 13.8. The van der Waals surface area contributed by atoms with Gasteiger partial charge in [-0.15, -0.1) is 0 Å². The van der Waals surface area contributed by atoms with Crippen LogP contribution >= 0.6 is 0 Å². The molecule has 0 saturated carbocycles. The zero-order chi connectivity index (χ0) is 41.3. The second kappa shape index (κ2) is 22.1. The molecule has 54 heavy (non-hydrogen) atoms. The van der Waals surface area contributed by atoms with Crippen molar-refractivity contribution in [3.05, 3.63) is 18.2 Å². The molecule has 0 bridgehead atoms. The lowest BCUT2D eigenvalue weighted by atomic mass is 9.99. The number of nitrogens with one attached hydrogen (secondary N) is 2. The van der Waals surface area contributed by atoms with Crippen molar-refractivity contribution in [1.82, 2.24) is 25.1 Å². The van der Waals surface area contributed by atoms with Gasteiger partial charge in [-0.2, -0.15) is 0 Å². The van der Waals surface area contributed by atoms with Gasteiger partial charge >= 0.3 is 23.9 Å². The lowest BCUT2D eigenvalue weighted by molar-refractivity contribution is -0.167. The van der Waals surface area contributed by atoms with Crippen molar-refractivity contribution >= 4 is 29.8 Å². The van der Waals surface area contributed by atoms with Crippen LogP contribution in [0.5, 0.6) is 0 Å². The minimum atomic E-state index is -0.947. The molecule has 1 unspecified atom stereocenters. The Hall–Kier alpha value is -3.56. The molecule has 2 atom stereocenters. The number of carbonyl (C=O) groups is 5. The number of rotatable bonds is 22. The summed E-state index contributed by atoms with van der Waals surface area (Å²) in [6.45, 7) is 21.0. The number of aromatic nitrogens is 2. The van der Waals surface area contributed by atoms with E-state index in [2.05, 4.69) is 15.3 Å². The van der Waals surface area contributed by atoms with E-state index in [1.165, 1.54) is 0 Å². The molecule has 0 aromatic carbocycles. The molecule has 1 amide bonds. The van der Waals surface area contributed by atoms with Crippen LogP contribution in [0.1, 0.15) is 127 Å². The van der Waals surface area contributed by atoms with Gasteiger partial charge in [0.15, 0.2) is 0 Å². The van der Waals surface area contributed by atoms with Gasteiger partial charge in [-0.05, 0) is 102 Å². The summed E-state index contributed by atoms with van der Waals surface area (Å²) in [5.74, 6) is -2.21. The normalized spacial score (nSPS) is 13.7. The smallest absolute Gasteiger partial charge is 0.323 e. The number of ether oxygens (including phenoxy) is 4. The lowest BCUT2D eigenvalue weighted by Gasteiger charge is -2.35. The molecule has 310 valence electrons. The number of unbranched alkanes of at least 4 members (excludes halogenated alkanes) is 2. The number of nitrogens with two attached hydrogens (primary N) is 1. The molecule has 15 heteroatoms. The largest absolute Gasteiger partial charge is 0.459 e. The van der Waals surface area contributed by atoms with E-state index in [0.29, 0.717) is 32.2 Å². The van der Waals surface area contributed by atoms with E-state index in [1.807, 2.05) is 0 Å². The Labute approximate surface area is 323 Å². The van der Waals surface area contributed by atoms with Gasteiger partial charge in [0.25, 0.3) is 0 Å². The van der Waals surface area contributed by atoms with Gasteiger partial charge < -0.3 is 35.0 Å². The van der Waals surface area contributed by atoms with Crippen LogP contribution in [0, 0.1) is 0 Å². The molecule has 15 nitrogen and oxygen atoms in total. The van der Waals surface area contributed by atoms with Crippen molar-refractivity contribution < 1.29 is 42.9 Å². The number of H-pyrrole nitrogens is 1. The molecular formula is C39H70N6O9. The molecule has 0 saturated heterocycles. The van der Waals surface area contributed by atoms with Gasteiger partial charge in [-0.25, -0.2) is 4.98 Å². The molecule has 0 aliphatic carbocycles.